The molecular formula is C14H23F2NO3. The highest BCUT2D eigenvalue weighted by Crippen LogP contribution is 2.36. The zero-order valence-corrected chi connectivity index (χ0v) is 12.1. The summed E-state index contributed by atoms with van der Waals surface area (Å²) in [6.45, 7) is 4.50. The number of halogens is 2. The predicted molar refractivity (Wildman–Crippen MR) is 70.6 cm³/mol. The number of nitrogens with zero attached hydrogens (tertiary/aromatic N) is 1. The molecule has 0 aliphatic heterocycles. The van der Waals surface area contributed by atoms with Gasteiger partial charge in [-0.05, 0) is 18.8 Å². The van der Waals surface area contributed by atoms with Gasteiger partial charge >= 0.3 is 5.97 Å². The van der Waals surface area contributed by atoms with Crippen molar-refractivity contribution in [2.75, 3.05) is 13.1 Å². The van der Waals surface area contributed by atoms with E-state index in [-0.39, 0.29) is 56.4 Å². The molecule has 116 valence electrons. The average Bonchev–Trinajstić information content (AvgIpc) is 2.33. The molecule has 0 aromatic rings. The Bertz CT molecular complexity index is 348. The van der Waals surface area contributed by atoms with Gasteiger partial charge in [0.15, 0.2) is 0 Å². The molecule has 0 heterocycles. The fraction of sp³-hybridized carbons (Fsp3) is 0.857. The van der Waals surface area contributed by atoms with Crippen LogP contribution in [0.2, 0.25) is 0 Å². The van der Waals surface area contributed by atoms with Crippen LogP contribution in [0.4, 0.5) is 8.78 Å². The number of amides is 1. The van der Waals surface area contributed by atoms with Crippen molar-refractivity contribution in [2.45, 2.75) is 51.9 Å². The van der Waals surface area contributed by atoms with E-state index in [0.29, 0.717) is 6.54 Å². The van der Waals surface area contributed by atoms with Crippen molar-refractivity contribution in [2.24, 2.45) is 11.8 Å². The third-order valence-electron chi connectivity index (χ3n) is 3.56. The third-order valence-corrected chi connectivity index (χ3v) is 3.56. The molecule has 4 nitrogen and oxygen atoms in total. The Morgan fingerprint density at radius 2 is 1.85 bits per heavy atom. The number of alkyl halides is 2. The lowest BCUT2D eigenvalue weighted by Crippen LogP contribution is -2.42. The number of aliphatic carboxylic acids is 1. The van der Waals surface area contributed by atoms with Crippen molar-refractivity contribution in [3.05, 3.63) is 0 Å². The summed E-state index contributed by atoms with van der Waals surface area (Å²) in [4.78, 5) is 24.5. The molecule has 1 aliphatic carbocycles. The van der Waals surface area contributed by atoms with E-state index in [4.69, 9.17) is 5.11 Å². The Labute approximate surface area is 118 Å². The molecule has 0 spiro atoms. The summed E-state index contributed by atoms with van der Waals surface area (Å²) < 4.78 is 26.2. The van der Waals surface area contributed by atoms with Crippen LogP contribution in [0.5, 0.6) is 0 Å². The number of hydrogen-bond donors (Lipinski definition) is 1. The Morgan fingerprint density at radius 3 is 2.30 bits per heavy atom. The summed E-state index contributed by atoms with van der Waals surface area (Å²) in [7, 11) is 0. The number of rotatable bonds is 6. The van der Waals surface area contributed by atoms with Crippen LogP contribution in [0, 0.1) is 11.8 Å². The second-order valence-electron chi connectivity index (χ2n) is 5.95. The number of carboxylic acid groups (broad SMARTS) is 1. The second-order valence-corrected chi connectivity index (χ2v) is 5.95. The van der Waals surface area contributed by atoms with Gasteiger partial charge in [-0.3, -0.25) is 9.59 Å². The second kappa shape index (κ2) is 6.99. The quantitative estimate of drug-likeness (QED) is 0.818. The van der Waals surface area contributed by atoms with E-state index < -0.39 is 11.9 Å². The van der Waals surface area contributed by atoms with Crippen LogP contribution < -0.4 is 0 Å². The van der Waals surface area contributed by atoms with Gasteiger partial charge in [0.2, 0.25) is 11.8 Å². The van der Waals surface area contributed by atoms with Gasteiger partial charge in [-0.25, -0.2) is 8.78 Å². The highest BCUT2D eigenvalue weighted by atomic mass is 19.3. The molecule has 1 aliphatic rings. The van der Waals surface area contributed by atoms with Crippen LogP contribution in [0.25, 0.3) is 0 Å². The maximum absolute atomic E-state index is 13.1. The number of carboxylic acids is 1. The van der Waals surface area contributed by atoms with E-state index in [2.05, 4.69) is 0 Å². The van der Waals surface area contributed by atoms with E-state index in [1.165, 1.54) is 4.90 Å². The van der Waals surface area contributed by atoms with Crippen molar-refractivity contribution < 1.29 is 23.5 Å². The summed E-state index contributed by atoms with van der Waals surface area (Å²) in [6, 6.07) is 0. The van der Waals surface area contributed by atoms with Crippen molar-refractivity contribution >= 4 is 11.9 Å². The first kappa shape index (κ1) is 16.9. The molecule has 1 N–H and O–H groups in total. The molecule has 0 bridgehead atoms. The van der Waals surface area contributed by atoms with Crippen LogP contribution in [0.15, 0.2) is 0 Å². The number of carbonyl (C=O) groups is 2. The standard InChI is InChI=1S/C14H23F2NO3/c1-10(2)9-17(8-5-12(18)19)13(20)11-3-6-14(15,16)7-4-11/h10-11H,3-9H2,1-2H3,(H,18,19). The lowest BCUT2D eigenvalue weighted by atomic mass is 9.85. The summed E-state index contributed by atoms with van der Waals surface area (Å²) in [6.07, 6.45) is -0.238. The molecule has 0 atom stereocenters. The maximum atomic E-state index is 13.1. The van der Waals surface area contributed by atoms with Crippen molar-refractivity contribution in [3.8, 4) is 0 Å². The molecule has 0 aromatic carbocycles. The van der Waals surface area contributed by atoms with Gasteiger partial charge in [0.1, 0.15) is 0 Å². The van der Waals surface area contributed by atoms with Gasteiger partial charge in [-0.2, -0.15) is 0 Å². The molecule has 1 saturated carbocycles. The van der Waals surface area contributed by atoms with Crippen molar-refractivity contribution in [1.29, 1.82) is 0 Å². The molecule has 0 radical (unpaired) electrons. The van der Waals surface area contributed by atoms with Gasteiger partial charge in [0.25, 0.3) is 0 Å². The summed E-state index contributed by atoms with van der Waals surface area (Å²) in [5.74, 6) is -3.95. The first-order valence-electron chi connectivity index (χ1n) is 7.09. The minimum atomic E-state index is -2.65. The van der Waals surface area contributed by atoms with Crippen LogP contribution in [-0.4, -0.2) is 40.9 Å². The number of carbonyl (C=O) groups excluding carboxylic acids is 1. The summed E-state index contributed by atoms with van der Waals surface area (Å²) >= 11 is 0. The van der Waals surface area contributed by atoms with Crippen molar-refractivity contribution in [3.63, 3.8) is 0 Å². The van der Waals surface area contributed by atoms with Crippen LogP contribution >= 0.6 is 0 Å². The van der Waals surface area contributed by atoms with E-state index in [0.717, 1.165) is 0 Å². The molecule has 1 fully saturated rings. The average molecular weight is 291 g/mol. The van der Waals surface area contributed by atoms with E-state index >= 15 is 0 Å². The zero-order valence-electron chi connectivity index (χ0n) is 12.1. The Morgan fingerprint density at radius 1 is 1.30 bits per heavy atom. The molecule has 20 heavy (non-hydrogen) atoms. The molecular weight excluding hydrogens is 268 g/mol. The van der Waals surface area contributed by atoms with E-state index in [9.17, 15) is 18.4 Å². The molecule has 0 aromatic heterocycles. The van der Waals surface area contributed by atoms with Crippen LogP contribution in [-0.2, 0) is 9.59 Å². The van der Waals surface area contributed by atoms with Gasteiger partial charge in [-0.1, -0.05) is 13.8 Å². The first-order chi connectivity index (χ1) is 9.21. The minimum Gasteiger partial charge on any atom is -0.481 e. The first-order valence-corrected chi connectivity index (χ1v) is 7.09. The third kappa shape index (κ3) is 5.43. The molecule has 1 amide bonds. The summed E-state index contributed by atoms with van der Waals surface area (Å²) in [5.41, 5.74) is 0. The minimum absolute atomic E-state index is 0.110. The molecule has 0 unspecified atom stereocenters. The fourth-order valence-electron chi connectivity index (χ4n) is 2.51. The van der Waals surface area contributed by atoms with Crippen LogP contribution in [0.1, 0.15) is 46.0 Å². The monoisotopic (exact) mass is 291 g/mol. The van der Waals surface area contributed by atoms with E-state index in [1.807, 2.05) is 13.8 Å². The SMILES string of the molecule is CC(C)CN(CCC(=O)O)C(=O)C1CCC(F)(F)CC1. The van der Waals surface area contributed by atoms with Gasteiger partial charge in [0.05, 0.1) is 6.42 Å². The van der Waals surface area contributed by atoms with E-state index in [1.54, 1.807) is 0 Å². The predicted octanol–water partition coefficient (Wildman–Crippen LogP) is 2.77. The Kier molecular flexibility index (Phi) is 5.89. The summed E-state index contributed by atoms with van der Waals surface area (Å²) in [5, 5.41) is 8.72. The van der Waals surface area contributed by atoms with Gasteiger partial charge in [-0.15, -0.1) is 0 Å². The molecule has 6 heteroatoms. The van der Waals surface area contributed by atoms with Gasteiger partial charge < -0.3 is 10.0 Å². The molecule has 0 saturated heterocycles. The highest BCUT2D eigenvalue weighted by Gasteiger charge is 2.38. The van der Waals surface area contributed by atoms with Gasteiger partial charge in [0, 0.05) is 31.8 Å². The topological polar surface area (TPSA) is 57.6 Å². The largest absolute Gasteiger partial charge is 0.481 e. The molecule has 1 rings (SSSR count). The van der Waals surface area contributed by atoms with Crippen LogP contribution in [0.3, 0.4) is 0 Å². The maximum Gasteiger partial charge on any atom is 0.305 e. The van der Waals surface area contributed by atoms with Crippen molar-refractivity contribution in [1.82, 2.24) is 4.90 Å². The zero-order chi connectivity index (χ0) is 15.3. The smallest absolute Gasteiger partial charge is 0.305 e. The normalized spacial score (nSPS) is 19.1. The fourth-order valence-corrected chi connectivity index (χ4v) is 2.51. The lowest BCUT2D eigenvalue weighted by molar-refractivity contribution is -0.142. The Hall–Kier alpha value is -1.20. The lowest BCUT2D eigenvalue weighted by Gasteiger charge is -2.32. The highest BCUT2D eigenvalue weighted by molar-refractivity contribution is 5.79. The number of hydrogen-bond acceptors (Lipinski definition) is 2. The Balaban J connectivity index is 2.60.